The Kier molecular flexibility index (Phi) is 6.27. The standard InChI is InChI=1S/C18H26N4O3/c1-7-22(8-2)16-9-12(3)19-18(21-16)20-13-10-14(23-4)17(25-6)15(11-13)24-5/h9-11H,7-8H2,1-6H3,(H,19,20,21). The number of rotatable bonds is 8. The van der Waals surface area contributed by atoms with Crippen LogP contribution in [0.5, 0.6) is 17.2 Å². The average Bonchev–Trinajstić information content (AvgIpc) is 2.61. The van der Waals surface area contributed by atoms with Crippen LogP contribution in [0.3, 0.4) is 0 Å². The Balaban J connectivity index is 2.39. The van der Waals surface area contributed by atoms with E-state index in [0.717, 1.165) is 30.3 Å². The third-order valence-corrected chi connectivity index (χ3v) is 3.85. The maximum absolute atomic E-state index is 5.38. The first kappa shape index (κ1) is 18.6. The molecule has 1 aromatic heterocycles. The van der Waals surface area contributed by atoms with Gasteiger partial charge in [-0.05, 0) is 20.8 Å². The molecule has 7 heteroatoms. The number of nitrogens with zero attached hydrogens (tertiary/aromatic N) is 3. The Morgan fingerprint density at radius 2 is 1.52 bits per heavy atom. The molecule has 0 aliphatic rings. The van der Waals surface area contributed by atoms with Crippen molar-refractivity contribution < 1.29 is 14.2 Å². The Morgan fingerprint density at radius 1 is 0.920 bits per heavy atom. The van der Waals surface area contributed by atoms with E-state index in [9.17, 15) is 0 Å². The molecular formula is C18H26N4O3. The fourth-order valence-corrected chi connectivity index (χ4v) is 2.60. The molecule has 7 nitrogen and oxygen atoms in total. The molecule has 2 aromatic rings. The molecule has 0 saturated carbocycles. The Labute approximate surface area is 148 Å². The minimum Gasteiger partial charge on any atom is -0.493 e. The van der Waals surface area contributed by atoms with Crippen LogP contribution < -0.4 is 24.4 Å². The third kappa shape index (κ3) is 4.23. The van der Waals surface area contributed by atoms with E-state index in [0.29, 0.717) is 23.2 Å². The summed E-state index contributed by atoms with van der Waals surface area (Å²) in [7, 11) is 4.75. The zero-order chi connectivity index (χ0) is 18.4. The first-order valence-electron chi connectivity index (χ1n) is 8.23. The Hall–Kier alpha value is -2.70. The minimum absolute atomic E-state index is 0.524. The molecule has 1 heterocycles. The second-order valence-corrected chi connectivity index (χ2v) is 5.40. The second-order valence-electron chi connectivity index (χ2n) is 5.40. The molecule has 1 N–H and O–H groups in total. The minimum atomic E-state index is 0.524. The van der Waals surface area contributed by atoms with Crippen LogP contribution >= 0.6 is 0 Å². The van der Waals surface area contributed by atoms with E-state index in [4.69, 9.17) is 14.2 Å². The molecule has 0 fully saturated rings. The fraction of sp³-hybridized carbons (Fsp3) is 0.444. The molecule has 0 aliphatic carbocycles. The van der Waals surface area contributed by atoms with Gasteiger partial charge in [-0.25, -0.2) is 4.98 Å². The molecule has 0 amide bonds. The van der Waals surface area contributed by atoms with Crippen LogP contribution in [0.4, 0.5) is 17.5 Å². The summed E-state index contributed by atoms with van der Waals surface area (Å²) in [5.41, 5.74) is 1.65. The molecule has 0 unspecified atom stereocenters. The largest absolute Gasteiger partial charge is 0.493 e. The number of methoxy groups -OCH3 is 3. The maximum Gasteiger partial charge on any atom is 0.229 e. The predicted molar refractivity (Wildman–Crippen MR) is 99.7 cm³/mol. The molecule has 0 aliphatic heterocycles. The van der Waals surface area contributed by atoms with Gasteiger partial charge in [0.15, 0.2) is 11.5 Å². The summed E-state index contributed by atoms with van der Waals surface area (Å²) in [5, 5.41) is 3.22. The van der Waals surface area contributed by atoms with E-state index in [1.807, 2.05) is 25.1 Å². The molecule has 25 heavy (non-hydrogen) atoms. The molecule has 0 atom stereocenters. The highest BCUT2D eigenvalue weighted by atomic mass is 16.5. The predicted octanol–water partition coefficient (Wildman–Crippen LogP) is 3.40. The molecule has 2 rings (SSSR count). The van der Waals surface area contributed by atoms with Gasteiger partial charge >= 0.3 is 0 Å². The normalized spacial score (nSPS) is 10.3. The number of nitrogens with one attached hydrogen (secondary N) is 1. The summed E-state index contributed by atoms with van der Waals surface area (Å²) in [4.78, 5) is 11.3. The van der Waals surface area contributed by atoms with Crippen molar-refractivity contribution in [2.45, 2.75) is 20.8 Å². The van der Waals surface area contributed by atoms with E-state index >= 15 is 0 Å². The summed E-state index contributed by atoms with van der Waals surface area (Å²) in [6, 6.07) is 5.63. The highest BCUT2D eigenvalue weighted by molar-refractivity contribution is 5.66. The number of hydrogen-bond donors (Lipinski definition) is 1. The molecule has 0 spiro atoms. The van der Waals surface area contributed by atoms with Gasteiger partial charge in [-0.15, -0.1) is 0 Å². The van der Waals surface area contributed by atoms with E-state index in [1.54, 1.807) is 21.3 Å². The summed E-state index contributed by atoms with van der Waals surface area (Å²) in [6.07, 6.45) is 0. The lowest BCUT2D eigenvalue weighted by Gasteiger charge is -2.21. The first-order chi connectivity index (χ1) is 12.1. The molecule has 0 bridgehead atoms. The van der Waals surface area contributed by atoms with Crippen molar-refractivity contribution in [3.8, 4) is 17.2 Å². The van der Waals surface area contributed by atoms with E-state index < -0.39 is 0 Å². The van der Waals surface area contributed by atoms with Gasteiger partial charge in [-0.3, -0.25) is 0 Å². The number of ether oxygens (including phenoxy) is 3. The maximum atomic E-state index is 5.38. The van der Waals surface area contributed by atoms with Crippen LogP contribution in [0.15, 0.2) is 18.2 Å². The van der Waals surface area contributed by atoms with Crippen LogP contribution in [-0.2, 0) is 0 Å². The van der Waals surface area contributed by atoms with E-state index in [-0.39, 0.29) is 0 Å². The zero-order valence-electron chi connectivity index (χ0n) is 15.7. The Bertz CT molecular complexity index is 692. The number of anilines is 3. The van der Waals surface area contributed by atoms with Gasteiger partial charge in [-0.1, -0.05) is 0 Å². The SMILES string of the molecule is CCN(CC)c1cc(C)nc(Nc2cc(OC)c(OC)c(OC)c2)n1. The van der Waals surface area contributed by atoms with Gasteiger partial charge in [0.2, 0.25) is 11.7 Å². The van der Waals surface area contributed by atoms with Crippen molar-refractivity contribution in [3.63, 3.8) is 0 Å². The van der Waals surface area contributed by atoms with Gasteiger partial charge < -0.3 is 24.4 Å². The van der Waals surface area contributed by atoms with E-state index in [2.05, 4.69) is 34.0 Å². The average molecular weight is 346 g/mol. The lowest BCUT2D eigenvalue weighted by atomic mass is 10.2. The molecule has 0 saturated heterocycles. The number of hydrogen-bond acceptors (Lipinski definition) is 7. The molecular weight excluding hydrogens is 320 g/mol. The summed E-state index contributed by atoms with van der Waals surface area (Å²) < 4.78 is 16.1. The smallest absolute Gasteiger partial charge is 0.229 e. The summed E-state index contributed by atoms with van der Waals surface area (Å²) in [6.45, 7) is 7.93. The molecule has 0 radical (unpaired) electrons. The summed E-state index contributed by atoms with van der Waals surface area (Å²) in [5.74, 6) is 3.11. The highest BCUT2D eigenvalue weighted by Gasteiger charge is 2.14. The van der Waals surface area contributed by atoms with Gasteiger partial charge in [0.05, 0.1) is 21.3 Å². The van der Waals surface area contributed by atoms with Crippen LogP contribution in [0.1, 0.15) is 19.5 Å². The van der Waals surface area contributed by atoms with E-state index in [1.165, 1.54) is 0 Å². The summed E-state index contributed by atoms with van der Waals surface area (Å²) >= 11 is 0. The second kappa shape index (κ2) is 8.41. The van der Waals surface area contributed by atoms with Crippen LogP contribution in [0, 0.1) is 6.92 Å². The van der Waals surface area contributed by atoms with Crippen LogP contribution in [0.2, 0.25) is 0 Å². The molecule has 1 aromatic carbocycles. The van der Waals surface area contributed by atoms with Crippen molar-refractivity contribution in [1.29, 1.82) is 0 Å². The van der Waals surface area contributed by atoms with Crippen molar-refractivity contribution >= 4 is 17.5 Å². The van der Waals surface area contributed by atoms with Gasteiger partial charge in [0, 0.05) is 42.7 Å². The topological polar surface area (TPSA) is 68.7 Å². The number of benzene rings is 1. The first-order valence-corrected chi connectivity index (χ1v) is 8.23. The zero-order valence-corrected chi connectivity index (χ0v) is 15.7. The lowest BCUT2D eigenvalue weighted by Crippen LogP contribution is -2.23. The Morgan fingerprint density at radius 3 is 2.00 bits per heavy atom. The van der Waals surface area contributed by atoms with Crippen molar-refractivity contribution in [3.05, 3.63) is 23.9 Å². The van der Waals surface area contributed by atoms with Crippen molar-refractivity contribution in [1.82, 2.24) is 9.97 Å². The van der Waals surface area contributed by atoms with Crippen molar-refractivity contribution in [2.24, 2.45) is 0 Å². The number of aryl methyl sites for hydroxylation is 1. The van der Waals surface area contributed by atoms with Crippen LogP contribution in [-0.4, -0.2) is 44.4 Å². The number of aromatic nitrogens is 2. The van der Waals surface area contributed by atoms with Gasteiger partial charge in [0.1, 0.15) is 5.82 Å². The molecule has 136 valence electrons. The monoisotopic (exact) mass is 346 g/mol. The lowest BCUT2D eigenvalue weighted by molar-refractivity contribution is 0.324. The quantitative estimate of drug-likeness (QED) is 0.785. The highest BCUT2D eigenvalue weighted by Crippen LogP contribution is 2.40. The van der Waals surface area contributed by atoms with Gasteiger partial charge in [-0.2, -0.15) is 4.98 Å². The third-order valence-electron chi connectivity index (χ3n) is 3.85. The van der Waals surface area contributed by atoms with Crippen molar-refractivity contribution in [2.75, 3.05) is 44.6 Å². The van der Waals surface area contributed by atoms with Crippen LogP contribution in [0.25, 0.3) is 0 Å². The fourth-order valence-electron chi connectivity index (χ4n) is 2.60. The van der Waals surface area contributed by atoms with Gasteiger partial charge in [0.25, 0.3) is 0 Å².